The van der Waals surface area contributed by atoms with E-state index in [2.05, 4.69) is 5.32 Å². The number of morpholine rings is 1. The molecule has 2 rings (SSSR count). The average Bonchev–Trinajstić information content (AvgIpc) is 2.56. The van der Waals surface area contributed by atoms with Gasteiger partial charge in [-0.15, -0.1) is 0 Å². The molecule has 1 fully saturated rings. The highest BCUT2D eigenvalue weighted by Crippen LogP contribution is 2.26. The van der Waals surface area contributed by atoms with Crippen LogP contribution in [0.4, 0.5) is 5.69 Å². The number of nitrogens with zero attached hydrogens (tertiary/aromatic N) is 1. The molecule has 1 saturated heterocycles. The molecule has 0 saturated carbocycles. The van der Waals surface area contributed by atoms with Gasteiger partial charge in [-0.1, -0.05) is 0 Å². The Bertz CT molecular complexity index is 553. The molecule has 1 aromatic rings. The largest absolute Gasteiger partial charge is 0.497 e. The van der Waals surface area contributed by atoms with E-state index in [1.807, 2.05) is 6.92 Å². The lowest BCUT2D eigenvalue weighted by atomic mass is 10.1. The normalized spacial score (nSPS) is 17.8. The van der Waals surface area contributed by atoms with E-state index in [1.54, 1.807) is 23.1 Å². The Morgan fingerprint density at radius 1 is 1.30 bits per heavy atom. The molecule has 1 atom stereocenters. The summed E-state index contributed by atoms with van der Waals surface area (Å²) in [6.45, 7) is 3.54. The van der Waals surface area contributed by atoms with Gasteiger partial charge in [0, 0.05) is 37.0 Å². The Balaban J connectivity index is 2.00. The molecule has 0 aliphatic carbocycles. The monoisotopic (exact) mass is 322 g/mol. The molecule has 1 N–H and O–H groups in total. The molecule has 7 nitrogen and oxygen atoms in total. The third kappa shape index (κ3) is 4.35. The summed E-state index contributed by atoms with van der Waals surface area (Å²) >= 11 is 0. The van der Waals surface area contributed by atoms with Crippen molar-refractivity contribution in [2.45, 2.75) is 19.4 Å². The van der Waals surface area contributed by atoms with E-state index < -0.39 is 6.10 Å². The Morgan fingerprint density at radius 2 is 1.96 bits per heavy atom. The minimum atomic E-state index is -0.726. The summed E-state index contributed by atoms with van der Waals surface area (Å²) in [5, 5.41) is 2.74. The van der Waals surface area contributed by atoms with Crippen molar-refractivity contribution in [3.63, 3.8) is 0 Å². The molecule has 1 aliphatic rings. The van der Waals surface area contributed by atoms with E-state index in [0.717, 1.165) is 0 Å². The van der Waals surface area contributed by atoms with Crippen molar-refractivity contribution in [1.82, 2.24) is 4.90 Å². The van der Waals surface area contributed by atoms with Crippen molar-refractivity contribution in [3.8, 4) is 11.5 Å². The van der Waals surface area contributed by atoms with Gasteiger partial charge >= 0.3 is 0 Å². The topological polar surface area (TPSA) is 77.1 Å². The summed E-state index contributed by atoms with van der Waals surface area (Å²) < 4.78 is 15.7. The lowest BCUT2D eigenvalue weighted by Gasteiger charge is -2.31. The summed E-state index contributed by atoms with van der Waals surface area (Å²) in [5.74, 6) is 0.706. The van der Waals surface area contributed by atoms with Crippen LogP contribution < -0.4 is 14.8 Å². The summed E-state index contributed by atoms with van der Waals surface area (Å²) in [6.07, 6.45) is -0.745. The van der Waals surface area contributed by atoms with Crippen LogP contribution in [0.1, 0.15) is 13.3 Å². The van der Waals surface area contributed by atoms with Gasteiger partial charge in [0.05, 0.1) is 27.2 Å². The maximum absolute atomic E-state index is 12.2. The SMILES string of the molecule is CCN1CCOC(CC(=O)Nc2cc(OC)cc(OC)c2)C1=O. The molecule has 7 heteroatoms. The lowest BCUT2D eigenvalue weighted by Crippen LogP contribution is -2.48. The van der Waals surface area contributed by atoms with Crippen LogP contribution in [-0.2, 0) is 14.3 Å². The predicted octanol–water partition coefficient (Wildman–Crippen LogP) is 1.28. The zero-order chi connectivity index (χ0) is 16.8. The Kier molecular flexibility index (Phi) is 5.81. The first-order valence-corrected chi connectivity index (χ1v) is 7.50. The van der Waals surface area contributed by atoms with E-state index in [0.29, 0.717) is 36.9 Å². The summed E-state index contributed by atoms with van der Waals surface area (Å²) in [4.78, 5) is 26.0. The average molecular weight is 322 g/mol. The fraction of sp³-hybridized carbons (Fsp3) is 0.500. The van der Waals surface area contributed by atoms with Crippen LogP contribution >= 0.6 is 0 Å². The van der Waals surface area contributed by atoms with Gasteiger partial charge in [0.25, 0.3) is 5.91 Å². The Morgan fingerprint density at radius 3 is 2.52 bits per heavy atom. The maximum atomic E-state index is 12.2. The second-order valence-electron chi connectivity index (χ2n) is 5.13. The Labute approximate surface area is 135 Å². The lowest BCUT2D eigenvalue weighted by molar-refractivity contribution is -0.154. The fourth-order valence-electron chi connectivity index (χ4n) is 2.41. The first-order chi connectivity index (χ1) is 11.1. The molecule has 1 aromatic carbocycles. The maximum Gasteiger partial charge on any atom is 0.252 e. The summed E-state index contributed by atoms with van der Waals surface area (Å²) in [7, 11) is 3.07. The predicted molar refractivity (Wildman–Crippen MR) is 84.8 cm³/mol. The molecule has 1 aliphatic heterocycles. The highest BCUT2D eigenvalue weighted by Gasteiger charge is 2.30. The van der Waals surface area contributed by atoms with Crippen LogP contribution in [0.3, 0.4) is 0 Å². The first-order valence-electron chi connectivity index (χ1n) is 7.50. The zero-order valence-electron chi connectivity index (χ0n) is 13.6. The van der Waals surface area contributed by atoms with Crippen LogP contribution in [0, 0.1) is 0 Å². The second-order valence-corrected chi connectivity index (χ2v) is 5.13. The van der Waals surface area contributed by atoms with Gasteiger partial charge in [-0.3, -0.25) is 9.59 Å². The van der Waals surface area contributed by atoms with Crippen molar-refractivity contribution in [2.75, 3.05) is 39.2 Å². The smallest absolute Gasteiger partial charge is 0.252 e. The van der Waals surface area contributed by atoms with Crippen LogP contribution in [0.5, 0.6) is 11.5 Å². The first kappa shape index (κ1) is 17.1. The van der Waals surface area contributed by atoms with E-state index in [1.165, 1.54) is 14.2 Å². The third-order valence-electron chi connectivity index (χ3n) is 3.66. The van der Waals surface area contributed by atoms with Crippen LogP contribution in [0.2, 0.25) is 0 Å². The van der Waals surface area contributed by atoms with Crippen molar-refractivity contribution >= 4 is 17.5 Å². The molecular formula is C16H22N2O5. The van der Waals surface area contributed by atoms with Gasteiger partial charge in [-0.2, -0.15) is 0 Å². The number of carbonyl (C=O) groups excluding carboxylic acids is 2. The minimum absolute atomic E-state index is 0.0190. The quantitative estimate of drug-likeness (QED) is 0.854. The fourth-order valence-corrected chi connectivity index (χ4v) is 2.41. The molecular weight excluding hydrogens is 300 g/mol. The second kappa shape index (κ2) is 7.82. The molecule has 2 amide bonds. The van der Waals surface area contributed by atoms with Crippen molar-refractivity contribution in [2.24, 2.45) is 0 Å². The van der Waals surface area contributed by atoms with Gasteiger partial charge < -0.3 is 24.4 Å². The number of benzene rings is 1. The molecule has 23 heavy (non-hydrogen) atoms. The van der Waals surface area contributed by atoms with E-state index in [9.17, 15) is 9.59 Å². The Hall–Kier alpha value is -2.28. The number of methoxy groups -OCH3 is 2. The van der Waals surface area contributed by atoms with Gasteiger partial charge in [0.15, 0.2) is 0 Å². The van der Waals surface area contributed by atoms with Crippen LogP contribution in [-0.4, -0.2) is 56.7 Å². The number of hydrogen-bond donors (Lipinski definition) is 1. The van der Waals surface area contributed by atoms with Crippen LogP contribution in [0.15, 0.2) is 18.2 Å². The zero-order valence-corrected chi connectivity index (χ0v) is 13.6. The highest BCUT2D eigenvalue weighted by molar-refractivity contribution is 5.95. The standard InChI is InChI=1S/C16H22N2O5/c1-4-18-5-6-23-14(16(18)20)10-15(19)17-11-7-12(21-2)9-13(8-11)22-3/h7-9,14H,4-6,10H2,1-3H3,(H,17,19). The highest BCUT2D eigenvalue weighted by atomic mass is 16.5. The number of hydrogen-bond acceptors (Lipinski definition) is 5. The van der Waals surface area contributed by atoms with E-state index >= 15 is 0 Å². The van der Waals surface area contributed by atoms with E-state index in [4.69, 9.17) is 14.2 Å². The molecule has 0 radical (unpaired) electrons. The number of rotatable bonds is 6. The molecule has 0 spiro atoms. The minimum Gasteiger partial charge on any atom is -0.497 e. The molecule has 0 aromatic heterocycles. The van der Waals surface area contributed by atoms with Gasteiger partial charge in [-0.25, -0.2) is 0 Å². The third-order valence-corrected chi connectivity index (χ3v) is 3.66. The number of nitrogens with one attached hydrogen (secondary N) is 1. The molecule has 126 valence electrons. The molecule has 0 bridgehead atoms. The number of likely N-dealkylation sites (N-methyl/N-ethyl adjacent to an activating group) is 1. The number of ether oxygens (including phenoxy) is 3. The van der Waals surface area contributed by atoms with Gasteiger partial charge in [-0.05, 0) is 6.92 Å². The number of carbonyl (C=O) groups is 2. The molecule has 1 unspecified atom stereocenters. The van der Waals surface area contributed by atoms with Gasteiger partial charge in [0.1, 0.15) is 17.6 Å². The van der Waals surface area contributed by atoms with Gasteiger partial charge in [0.2, 0.25) is 5.91 Å². The van der Waals surface area contributed by atoms with Crippen molar-refractivity contribution < 1.29 is 23.8 Å². The summed E-state index contributed by atoms with van der Waals surface area (Å²) in [6, 6.07) is 5.08. The van der Waals surface area contributed by atoms with Crippen molar-refractivity contribution in [3.05, 3.63) is 18.2 Å². The number of amides is 2. The number of anilines is 1. The molecule has 1 heterocycles. The van der Waals surface area contributed by atoms with Crippen LogP contribution in [0.25, 0.3) is 0 Å². The summed E-state index contributed by atoms with van der Waals surface area (Å²) in [5.41, 5.74) is 0.543. The van der Waals surface area contributed by atoms with Crippen molar-refractivity contribution in [1.29, 1.82) is 0 Å². The van der Waals surface area contributed by atoms with E-state index in [-0.39, 0.29) is 18.2 Å².